The van der Waals surface area contributed by atoms with Gasteiger partial charge in [0.05, 0.1) is 4.90 Å². The zero-order valence-electron chi connectivity index (χ0n) is 19.3. The predicted molar refractivity (Wildman–Crippen MR) is 127 cm³/mol. The van der Waals surface area contributed by atoms with E-state index >= 15 is 0 Å². The fourth-order valence-corrected chi connectivity index (χ4v) is 5.79. The van der Waals surface area contributed by atoms with Crippen molar-refractivity contribution >= 4 is 33.2 Å². The summed E-state index contributed by atoms with van der Waals surface area (Å²) < 4.78 is 34.8. The summed E-state index contributed by atoms with van der Waals surface area (Å²) in [6.07, 6.45) is 5.28. The van der Waals surface area contributed by atoms with Gasteiger partial charge in [-0.15, -0.1) is 0 Å². The Morgan fingerprint density at radius 1 is 1.06 bits per heavy atom. The minimum absolute atomic E-state index is 0.100. The van der Waals surface area contributed by atoms with E-state index in [-0.39, 0.29) is 10.6 Å². The predicted octanol–water partition coefficient (Wildman–Crippen LogP) is 3.31. The van der Waals surface area contributed by atoms with Crippen LogP contribution >= 0.6 is 0 Å². The third-order valence-corrected chi connectivity index (χ3v) is 7.93. The highest BCUT2D eigenvalue weighted by Gasteiger charge is 2.27. The zero-order valence-corrected chi connectivity index (χ0v) is 20.1. The van der Waals surface area contributed by atoms with Crippen molar-refractivity contribution in [1.29, 1.82) is 0 Å². The Hall–Kier alpha value is -3.24. The summed E-state index contributed by atoms with van der Waals surface area (Å²) in [5.74, 6) is -1.29. The molecule has 34 heavy (non-hydrogen) atoms. The monoisotopic (exact) mass is 484 g/mol. The molecule has 1 aliphatic rings. The normalized spacial score (nSPS) is 15.1. The Labute approximate surface area is 198 Å². The number of nitrogens with zero attached hydrogens (tertiary/aromatic N) is 3. The van der Waals surface area contributed by atoms with Crippen LogP contribution in [-0.4, -0.2) is 53.7 Å². The Morgan fingerprint density at radius 2 is 1.79 bits per heavy atom. The van der Waals surface area contributed by atoms with Crippen molar-refractivity contribution in [3.8, 4) is 0 Å². The molecule has 1 aliphatic heterocycles. The van der Waals surface area contributed by atoms with Gasteiger partial charge in [0.2, 0.25) is 10.0 Å². The molecule has 0 bridgehead atoms. The van der Waals surface area contributed by atoms with Gasteiger partial charge in [-0.3, -0.25) is 4.79 Å². The summed E-state index contributed by atoms with van der Waals surface area (Å²) in [4.78, 5) is 29.1. The number of benzene rings is 1. The van der Waals surface area contributed by atoms with Crippen molar-refractivity contribution in [3.05, 3.63) is 59.5 Å². The molecular formula is C24H28N4O5S. The number of sulfonamides is 1. The van der Waals surface area contributed by atoms with Crippen molar-refractivity contribution in [3.63, 3.8) is 0 Å². The molecule has 180 valence electrons. The van der Waals surface area contributed by atoms with Crippen LogP contribution in [0.15, 0.2) is 47.5 Å². The van der Waals surface area contributed by atoms with Gasteiger partial charge in [-0.05, 0) is 56.5 Å². The van der Waals surface area contributed by atoms with E-state index in [2.05, 4.69) is 10.3 Å². The number of carbonyl (C=O) groups is 2. The van der Waals surface area contributed by atoms with E-state index in [9.17, 15) is 18.0 Å². The lowest BCUT2D eigenvalue weighted by molar-refractivity contribution is -0.119. The second-order valence-electron chi connectivity index (χ2n) is 8.44. The summed E-state index contributed by atoms with van der Waals surface area (Å²) >= 11 is 0. The van der Waals surface area contributed by atoms with Crippen LogP contribution in [0.5, 0.6) is 0 Å². The average Bonchev–Trinajstić information content (AvgIpc) is 3.06. The second kappa shape index (κ2) is 9.94. The topological polar surface area (TPSA) is 110 Å². The van der Waals surface area contributed by atoms with Crippen molar-refractivity contribution in [1.82, 2.24) is 13.7 Å². The van der Waals surface area contributed by atoms with E-state index in [1.165, 1.54) is 10.4 Å². The number of fused-ring (bicyclic) bond motifs is 1. The number of aryl methyl sites for hydroxylation is 2. The molecule has 0 saturated carbocycles. The van der Waals surface area contributed by atoms with Crippen LogP contribution in [0.25, 0.3) is 5.65 Å². The number of imidazole rings is 1. The molecule has 3 aromatic rings. The van der Waals surface area contributed by atoms with E-state index < -0.39 is 28.5 Å². The van der Waals surface area contributed by atoms with Crippen LogP contribution in [0.4, 0.5) is 5.69 Å². The van der Waals surface area contributed by atoms with Crippen molar-refractivity contribution in [2.75, 3.05) is 25.0 Å². The summed E-state index contributed by atoms with van der Waals surface area (Å²) in [6.45, 7) is 4.09. The summed E-state index contributed by atoms with van der Waals surface area (Å²) in [6, 6.07) is 10.2. The number of hydrogen-bond donors (Lipinski definition) is 1. The number of aromatic nitrogens is 2. The van der Waals surface area contributed by atoms with Crippen molar-refractivity contribution in [2.24, 2.45) is 0 Å². The SMILES string of the molecule is Cc1ccc(NC(=O)COC(=O)c2cn3c(C)cccc3n2)cc1S(=O)(=O)N1CCCCCC1. The molecular weight excluding hydrogens is 456 g/mol. The van der Waals surface area contributed by atoms with Gasteiger partial charge in [0.15, 0.2) is 12.3 Å². The van der Waals surface area contributed by atoms with E-state index in [4.69, 9.17) is 4.74 Å². The fraction of sp³-hybridized carbons (Fsp3) is 0.375. The van der Waals surface area contributed by atoms with Gasteiger partial charge in [-0.2, -0.15) is 4.31 Å². The minimum atomic E-state index is -3.67. The quantitative estimate of drug-likeness (QED) is 0.538. The van der Waals surface area contributed by atoms with Crippen LogP contribution in [-0.2, 0) is 19.6 Å². The highest BCUT2D eigenvalue weighted by molar-refractivity contribution is 7.89. The van der Waals surface area contributed by atoms with Crippen LogP contribution in [0.1, 0.15) is 47.4 Å². The smallest absolute Gasteiger partial charge is 0.359 e. The first kappa shape index (κ1) is 23.9. The Bertz CT molecular complexity index is 1320. The van der Waals surface area contributed by atoms with E-state index in [1.807, 2.05) is 19.1 Å². The van der Waals surface area contributed by atoms with Crippen LogP contribution in [0, 0.1) is 13.8 Å². The average molecular weight is 485 g/mol. The maximum absolute atomic E-state index is 13.2. The van der Waals surface area contributed by atoms with Crippen molar-refractivity contribution < 1.29 is 22.7 Å². The van der Waals surface area contributed by atoms with Gasteiger partial charge in [0.25, 0.3) is 5.91 Å². The number of esters is 1. The number of pyridine rings is 1. The summed E-state index contributed by atoms with van der Waals surface area (Å²) in [5, 5.41) is 2.61. The number of ether oxygens (including phenoxy) is 1. The maximum atomic E-state index is 13.2. The number of nitrogens with one attached hydrogen (secondary N) is 1. The van der Waals surface area contributed by atoms with Gasteiger partial charge in [-0.25, -0.2) is 18.2 Å². The molecule has 1 amide bonds. The first-order valence-corrected chi connectivity index (χ1v) is 12.7. The Balaban J connectivity index is 1.41. The molecule has 1 aromatic carbocycles. The molecule has 0 radical (unpaired) electrons. The molecule has 9 nitrogen and oxygen atoms in total. The standard InChI is InChI=1S/C24H28N4O5S/c1-17-10-11-19(14-21(17)34(31,32)27-12-5-3-4-6-13-27)25-23(29)16-33-24(30)20-15-28-18(2)8-7-9-22(28)26-20/h7-11,14-15H,3-6,12-13,16H2,1-2H3,(H,25,29). The lowest BCUT2D eigenvalue weighted by Gasteiger charge is -2.21. The molecule has 4 rings (SSSR count). The van der Waals surface area contributed by atoms with E-state index in [0.717, 1.165) is 31.4 Å². The first-order chi connectivity index (χ1) is 16.3. The van der Waals surface area contributed by atoms with Crippen molar-refractivity contribution in [2.45, 2.75) is 44.4 Å². The van der Waals surface area contributed by atoms with E-state index in [1.54, 1.807) is 35.7 Å². The van der Waals surface area contributed by atoms with Crippen LogP contribution in [0.3, 0.4) is 0 Å². The van der Waals surface area contributed by atoms with Crippen LogP contribution in [0.2, 0.25) is 0 Å². The van der Waals surface area contributed by atoms with Gasteiger partial charge >= 0.3 is 5.97 Å². The lowest BCUT2D eigenvalue weighted by Crippen LogP contribution is -2.32. The minimum Gasteiger partial charge on any atom is -0.451 e. The maximum Gasteiger partial charge on any atom is 0.359 e. The fourth-order valence-electron chi connectivity index (χ4n) is 4.03. The first-order valence-electron chi connectivity index (χ1n) is 11.3. The Kier molecular flexibility index (Phi) is 6.99. The molecule has 3 heterocycles. The molecule has 0 unspecified atom stereocenters. The molecule has 10 heteroatoms. The number of carbonyl (C=O) groups excluding carboxylic acids is 2. The zero-order chi connectivity index (χ0) is 24.3. The number of amides is 1. The number of rotatable bonds is 6. The highest BCUT2D eigenvalue weighted by Crippen LogP contribution is 2.26. The molecule has 1 saturated heterocycles. The van der Waals surface area contributed by atoms with Gasteiger partial charge in [-0.1, -0.05) is 25.0 Å². The molecule has 0 aliphatic carbocycles. The molecule has 0 spiro atoms. The molecule has 1 N–H and O–H groups in total. The molecule has 1 fully saturated rings. The van der Waals surface area contributed by atoms with Gasteiger partial charge in [0.1, 0.15) is 5.65 Å². The van der Waals surface area contributed by atoms with Gasteiger partial charge in [0, 0.05) is 30.7 Å². The molecule has 2 aromatic heterocycles. The largest absolute Gasteiger partial charge is 0.451 e. The Morgan fingerprint density at radius 3 is 2.50 bits per heavy atom. The highest BCUT2D eigenvalue weighted by atomic mass is 32.2. The van der Waals surface area contributed by atoms with Crippen LogP contribution < -0.4 is 5.32 Å². The number of hydrogen-bond acceptors (Lipinski definition) is 6. The third-order valence-electron chi connectivity index (χ3n) is 5.89. The lowest BCUT2D eigenvalue weighted by atomic mass is 10.2. The summed E-state index contributed by atoms with van der Waals surface area (Å²) in [5.41, 5.74) is 2.55. The summed E-state index contributed by atoms with van der Waals surface area (Å²) in [7, 11) is -3.67. The molecule has 0 atom stereocenters. The third kappa shape index (κ3) is 5.13. The second-order valence-corrected chi connectivity index (χ2v) is 10.4. The van der Waals surface area contributed by atoms with E-state index in [0.29, 0.717) is 30.0 Å². The van der Waals surface area contributed by atoms with Gasteiger partial charge < -0.3 is 14.5 Å². The number of anilines is 1.